The number of benzene rings is 2. The van der Waals surface area contributed by atoms with Crippen molar-refractivity contribution >= 4 is 21.4 Å². The Kier molecular flexibility index (Phi) is 5.18. The number of rotatable bonds is 7. The zero-order valence-corrected chi connectivity index (χ0v) is 16.6. The summed E-state index contributed by atoms with van der Waals surface area (Å²) in [7, 11) is -1.95. The average Bonchev–Trinajstić information content (AvgIpc) is 3.15. The quantitative estimate of drug-likeness (QED) is 0.505. The molecular weight excluding hydrogens is 388 g/mol. The van der Waals surface area contributed by atoms with E-state index in [0.717, 1.165) is 5.56 Å². The van der Waals surface area contributed by atoms with E-state index in [4.69, 9.17) is 4.74 Å². The van der Waals surface area contributed by atoms with E-state index in [2.05, 4.69) is 15.5 Å². The number of sulfone groups is 1. The van der Waals surface area contributed by atoms with Gasteiger partial charge in [0, 0.05) is 12.7 Å². The minimum Gasteiger partial charge on any atom is -0.497 e. The average molecular weight is 408 g/mol. The van der Waals surface area contributed by atoms with Crippen LogP contribution < -0.4 is 10.1 Å². The van der Waals surface area contributed by atoms with Crippen LogP contribution in [-0.4, -0.2) is 30.1 Å². The molecule has 29 heavy (non-hydrogen) atoms. The van der Waals surface area contributed by atoms with Crippen LogP contribution in [0, 0.1) is 0 Å². The van der Waals surface area contributed by atoms with E-state index in [9.17, 15) is 8.42 Å². The van der Waals surface area contributed by atoms with Crippen LogP contribution in [0.2, 0.25) is 0 Å². The number of fused-ring (bicyclic) bond motifs is 1. The number of ether oxygens (including phenoxy) is 1. The zero-order valence-electron chi connectivity index (χ0n) is 15.8. The molecule has 0 fully saturated rings. The van der Waals surface area contributed by atoms with Gasteiger partial charge >= 0.3 is 0 Å². The van der Waals surface area contributed by atoms with Gasteiger partial charge in [-0.1, -0.05) is 36.4 Å². The Labute approximate surface area is 168 Å². The second kappa shape index (κ2) is 7.92. The second-order valence-corrected chi connectivity index (χ2v) is 8.55. The van der Waals surface area contributed by atoms with Crippen molar-refractivity contribution in [2.24, 2.45) is 0 Å². The molecule has 2 aromatic heterocycles. The number of nitrogens with zero attached hydrogens (tertiary/aromatic N) is 3. The molecule has 0 atom stereocenters. The highest BCUT2D eigenvalue weighted by Crippen LogP contribution is 2.21. The number of pyridine rings is 1. The second-order valence-electron chi connectivity index (χ2n) is 6.56. The number of anilines is 1. The summed E-state index contributed by atoms with van der Waals surface area (Å²) < 4.78 is 32.4. The predicted octanol–water partition coefficient (Wildman–Crippen LogP) is 3.32. The Morgan fingerprint density at radius 3 is 2.41 bits per heavy atom. The van der Waals surface area contributed by atoms with Crippen molar-refractivity contribution < 1.29 is 13.2 Å². The maximum Gasteiger partial charge on any atom is 0.229 e. The molecule has 0 amide bonds. The molecule has 0 aliphatic rings. The van der Waals surface area contributed by atoms with Crippen LogP contribution in [0.3, 0.4) is 0 Å². The fraction of sp³-hybridized carbons (Fsp3) is 0.143. The van der Waals surface area contributed by atoms with Crippen molar-refractivity contribution in [1.29, 1.82) is 0 Å². The molecule has 8 heteroatoms. The monoisotopic (exact) mass is 408 g/mol. The molecule has 148 valence electrons. The Bertz CT molecular complexity index is 1220. The fourth-order valence-electron chi connectivity index (χ4n) is 3.00. The molecule has 4 aromatic rings. The van der Waals surface area contributed by atoms with Crippen molar-refractivity contribution in [2.75, 3.05) is 12.4 Å². The van der Waals surface area contributed by atoms with Crippen LogP contribution in [0.1, 0.15) is 11.1 Å². The number of hydrogen-bond donors (Lipinski definition) is 1. The van der Waals surface area contributed by atoms with Gasteiger partial charge in [-0.3, -0.25) is 4.40 Å². The molecule has 2 aromatic carbocycles. The first-order chi connectivity index (χ1) is 14.0. The largest absolute Gasteiger partial charge is 0.497 e. The summed E-state index contributed by atoms with van der Waals surface area (Å²) in [6, 6.07) is 19.9. The molecule has 1 N–H and O–H groups in total. The minimum atomic E-state index is -3.49. The van der Waals surface area contributed by atoms with E-state index >= 15 is 0 Å². The highest BCUT2D eigenvalue weighted by molar-refractivity contribution is 7.90. The lowest BCUT2D eigenvalue weighted by molar-refractivity contribution is 0.414. The molecule has 7 nitrogen and oxygen atoms in total. The number of aromatic nitrogens is 3. The van der Waals surface area contributed by atoms with Crippen molar-refractivity contribution in [1.82, 2.24) is 14.6 Å². The first kappa shape index (κ1) is 18.9. The van der Waals surface area contributed by atoms with Crippen molar-refractivity contribution in [3.63, 3.8) is 0 Å². The summed E-state index contributed by atoms with van der Waals surface area (Å²) in [5, 5.41) is 11.5. The topological polar surface area (TPSA) is 85.6 Å². The highest BCUT2D eigenvalue weighted by Gasteiger charge is 2.16. The van der Waals surface area contributed by atoms with Crippen LogP contribution in [0.5, 0.6) is 5.75 Å². The van der Waals surface area contributed by atoms with Crippen molar-refractivity contribution in [3.05, 3.63) is 84.1 Å². The minimum absolute atomic E-state index is 0.119. The molecule has 0 aliphatic carbocycles. The van der Waals surface area contributed by atoms with E-state index in [1.54, 1.807) is 54.1 Å². The standard InChI is InChI=1S/C21H20N4O3S/c1-28-18-8-10-19(11-9-18)29(26,27)15-17-7-12-20-23-24-21(25(20)14-17)22-13-16-5-3-2-4-6-16/h2-12,14H,13,15H2,1H3,(H,22,24). The third-order valence-electron chi connectivity index (χ3n) is 4.53. The Balaban J connectivity index is 1.56. The molecule has 0 radical (unpaired) electrons. The summed E-state index contributed by atoms with van der Waals surface area (Å²) >= 11 is 0. The van der Waals surface area contributed by atoms with Gasteiger partial charge in [0.25, 0.3) is 0 Å². The van der Waals surface area contributed by atoms with Crippen molar-refractivity contribution in [2.45, 2.75) is 17.2 Å². The lowest BCUT2D eigenvalue weighted by Crippen LogP contribution is -2.07. The highest BCUT2D eigenvalue weighted by atomic mass is 32.2. The normalized spacial score (nSPS) is 11.5. The van der Waals surface area contributed by atoms with Crippen LogP contribution in [-0.2, 0) is 22.1 Å². The third-order valence-corrected chi connectivity index (χ3v) is 6.24. The van der Waals surface area contributed by atoms with E-state index < -0.39 is 9.84 Å². The van der Waals surface area contributed by atoms with E-state index in [1.165, 1.54) is 0 Å². The van der Waals surface area contributed by atoms with E-state index in [-0.39, 0.29) is 10.6 Å². The van der Waals surface area contributed by atoms with Gasteiger partial charge in [0.05, 0.1) is 17.8 Å². The zero-order chi connectivity index (χ0) is 20.3. The van der Waals surface area contributed by atoms with Gasteiger partial charge in [-0.25, -0.2) is 8.42 Å². The molecule has 2 heterocycles. The smallest absolute Gasteiger partial charge is 0.229 e. The molecule has 0 spiro atoms. The summed E-state index contributed by atoms with van der Waals surface area (Å²) in [4.78, 5) is 0.254. The van der Waals surface area contributed by atoms with Gasteiger partial charge in [-0.2, -0.15) is 0 Å². The summed E-state index contributed by atoms with van der Waals surface area (Å²) in [5.74, 6) is 1.06. The first-order valence-corrected chi connectivity index (χ1v) is 10.7. The molecule has 0 bridgehead atoms. The third kappa shape index (κ3) is 4.22. The van der Waals surface area contributed by atoms with Crippen LogP contribution in [0.4, 0.5) is 5.95 Å². The van der Waals surface area contributed by atoms with Crippen molar-refractivity contribution in [3.8, 4) is 5.75 Å². The maximum absolute atomic E-state index is 12.8. The number of nitrogens with one attached hydrogen (secondary N) is 1. The van der Waals surface area contributed by atoms with Crippen LogP contribution >= 0.6 is 0 Å². The predicted molar refractivity (Wildman–Crippen MR) is 111 cm³/mol. The summed E-state index contributed by atoms with van der Waals surface area (Å²) in [5.41, 5.74) is 2.41. The van der Waals surface area contributed by atoms with Gasteiger partial charge in [-0.05, 0) is 41.5 Å². The molecule has 0 saturated carbocycles. The van der Waals surface area contributed by atoms with E-state index in [1.807, 2.05) is 30.3 Å². The first-order valence-electron chi connectivity index (χ1n) is 9.03. The van der Waals surface area contributed by atoms with Crippen LogP contribution in [0.25, 0.3) is 5.65 Å². The molecular formula is C21H20N4O3S. The lowest BCUT2D eigenvalue weighted by atomic mass is 10.2. The van der Waals surface area contributed by atoms with Gasteiger partial charge in [0.1, 0.15) is 5.75 Å². The van der Waals surface area contributed by atoms with Gasteiger partial charge in [0.15, 0.2) is 15.5 Å². The number of methoxy groups -OCH3 is 1. The Morgan fingerprint density at radius 1 is 0.931 bits per heavy atom. The van der Waals surface area contributed by atoms with Gasteiger partial charge in [0.2, 0.25) is 5.95 Å². The van der Waals surface area contributed by atoms with Crippen LogP contribution in [0.15, 0.2) is 77.8 Å². The number of hydrogen-bond acceptors (Lipinski definition) is 6. The molecule has 0 saturated heterocycles. The summed E-state index contributed by atoms with van der Waals surface area (Å²) in [6.07, 6.45) is 1.75. The van der Waals surface area contributed by atoms with Gasteiger partial charge in [-0.15, -0.1) is 10.2 Å². The van der Waals surface area contributed by atoms with Gasteiger partial charge < -0.3 is 10.1 Å². The molecule has 0 aliphatic heterocycles. The maximum atomic E-state index is 12.8. The molecule has 0 unspecified atom stereocenters. The van der Waals surface area contributed by atoms with E-state index in [0.29, 0.717) is 29.5 Å². The fourth-order valence-corrected chi connectivity index (χ4v) is 4.33. The lowest BCUT2D eigenvalue weighted by Gasteiger charge is -2.08. The molecule has 4 rings (SSSR count). The SMILES string of the molecule is COc1ccc(S(=O)(=O)Cc2ccc3nnc(NCc4ccccc4)n3c2)cc1. The summed E-state index contributed by atoms with van der Waals surface area (Å²) in [6.45, 7) is 0.593. The Morgan fingerprint density at radius 2 is 1.69 bits per heavy atom. The Hall–Kier alpha value is -3.39.